The highest BCUT2D eigenvalue weighted by Crippen LogP contribution is 2.23. The molecular weight excluding hydrogens is 358 g/mol. The average Bonchev–Trinajstić information content (AvgIpc) is 3.07. The quantitative estimate of drug-likeness (QED) is 0.806. The Morgan fingerprint density at radius 2 is 2.00 bits per heavy atom. The predicted octanol–water partition coefficient (Wildman–Crippen LogP) is 1.34. The molecule has 1 saturated heterocycles. The van der Waals surface area contributed by atoms with E-state index in [2.05, 4.69) is 14.9 Å². The predicted molar refractivity (Wildman–Crippen MR) is 89.1 cm³/mol. The van der Waals surface area contributed by atoms with E-state index in [4.69, 9.17) is 11.6 Å². The van der Waals surface area contributed by atoms with Crippen molar-refractivity contribution in [3.8, 4) is 0 Å². The number of piperazine rings is 1. The summed E-state index contributed by atoms with van der Waals surface area (Å²) in [5.41, 5.74) is 1.04. The summed E-state index contributed by atoms with van der Waals surface area (Å²) in [7, 11) is -1.97. The maximum atomic E-state index is 12.6. The molecule has 23 heavy (non-hydrogen) atoms. The second-order valence-corrected chi connectivity index (χ2v) is 8.76. The highest BCUT2D eigenvalue weighted by atomic mass is 35.5. The van der Waals surface area contributed by atoms with Gasteiger partial charge in [0.05, 0.1) is 17.0 Å². The Bertz CT molecular complexity index is 793. The second-order valence-electron chi connectivity index (χ2n) is 5.49. The van der Waals surface area contributed by atoms with Gasteiger partial charge in [-0.3, -0.25) is 4.90 Å². The lowest BCUT2D eigenvalue weighted by Gasteiger charge is -2.33. The molecule has 0 spiro atoms. The minimum absolute atomic E-state index is 0.0646. The Kier molecular flexibility index (Phi) is 4.75. The van der Waals surface area contributed by atoms with E-state index in [1.807, 2.05) is 12.3 Å². The average molecular weight is 376 g/mol. The topological polar surface area (TPSA) is 71.3 Å². The molecular formula is C13H18ClN5O2S2. The molecule has 0 amide bonds. The Hall–Kier alpha value is -1.00. The summed E-state index contributed by atoms with van der Waals surface area (Å²) in [6.45, 7) is 4.93. The van der Waals surface area contributed by atoms with E-state index < -0.39 is 10.0 Å². The van der Waals surface area contributed by atoms with Gasteiger partial charge in [-0.2, -0.15) is 4.31 Å². The normalized spacial score (nSPS) is 17.7. The molecule has 3 rings (SSSR count). The highest BCUT2D eigenvalue weighted by Gasteiger charge is 2.32. The molecule has 2 aromatic rings. The maximum Gasteiger partial charge on any atom is 0.263 e. The van der Waals surface area contributed by atoms with Gasteiger partial charge in [0.1, 0.15) is 5.15 Å². The molecule has 1 fully saturated rings. The van der Waals surface area contributed by atoms with E-state index in [9.17, 15) is 8.42 Å². The van der Waals surface area contributed by atoms with E-state index >= 15 is 0 Å². The molecule has 0 unspecified atom stereocenters. The van der Waals surface area contributed by atoms with Crippen molar-refractivity contribution in [2.24, 2.45) is 7.05 Å². The summed E-state index contributed by atoms with van der Waals surface area (Å²) >= 11 is 7.66. The first-order chi connectivity index (χ1) is 10.9. The summed E-state index contributed by atoms with van der Waals surface area (Å²) < 4.78 is 28.2. The molecule has 0 bridgehead atoms. The zero-order valence-electron chi connectivity index (χ0n) is 12.9. The van der Waals surface area contributed by atoms with Crippen LogP contribution in [-0.4, -0.2) is 58.3 Å². The van der Waals surface area contributed by atoms with Crippen LogP contribution in [0.2, 0.25) is 5.15 Å². The van der Waals surface area contributed by atoms with Gasteiger partial charge in [-0.05, 0) is 6.92 Å². The van der Waals surface area contributed by atoms with Crippen LogP contribution in [0, 0.1) is 6.92 Å². The van der Waals surface area contributed by atoms with Gasteiger partial charge in [0, 0.05) is 45.2 Å². The van der Waals surface area contributed by atoms with Gasteiger partial charge in [0.2, 0.25) is 5.03 Å². The van der Waals surface area contributed by atoms with E-state index in [1.54, 1.807) is 18.4 Å². The number of nitrogens with zero attached hydrogens (tertiary/aromatic N) is 5. The number of halogens is 1. The number of aryl methyl sites for hydroxylation is 2. The molecule has 7 nitrogen and oxygen atoms in total. The molecule has 1 aliphatic rings. The third-order valence-electron chi connectivity index (χ3n) is 3.80. The number of imidazole rings is 1. The van der Waals surface area contributed by atoms with Crippen molar-refractivity contribution in [2.45, 2.75) is 18.5 Å². The first-order valence-electron chi connectivity index (χ1n) is 7.18. The number of hydrogen-bond donors (Lipinski definition) is 0. The number of aromatic nitrogens is 3. The fourth-order valence-corrected chi connectivity index (χ4v) is 4.94. The van der Waals surface area contributed by atoms with Crippen molar-refractivity contribution in [3.63, 3.8) is 0 Å². The summed E-state index contributed by atoms with van der Waals surface area (Å²) in [4.78, 5) is 10.6. The molecule has 1 aliphatic heterocycles. The van der Waals surface area contributed by atoms with Crippen LogP contribution in [0.15, 0.2) is 16.7 Å². The van der Waals surface area contributed by atoms with E-state index in [0.29, 0.717) is 26.2 Å². The molecule has 126 valence electrons. The number of thiazole rings is 1. The zero-order chi connectivity index (χ0) is 16.6. The lowest BCUT2D eigenvalue weighted by Crippen LogP contribution is -2.48. The lowest BCUT2D eigenvalue weighted by molar-refractivity contribution is 0.180. The Balaban J connectivity index is 1.65. The molecule has 2 aromatic heterocycles. The number of hydrogen-bond acceptors (Lipinski definition) is 6. The van der Waals surface area contributed by atoms with Gasteiger partial charge in [-0.25, -0.2) is 18.4 Å². The molecule has 0 saturated carbocycles. The van der Waals surface area contributed by atoms with Crippen molar-refractivity contribution in [3.05, 3.63) is 27.6 Å². The van der Waals surface area contributed by atoms with Crippen molar-refractivity contribution < 1.29 is 8.42 Å². The fraction of sp³-hybridized carbons (Fsp3) is 0.538. The van der Waals surface area contributed by atoms with E-state index in [1.165, 1.54) is 15.2 Å². The van der Waals surface area contributed by atoms with Crippen molar-refractivity contribution in [1.29, 1.82) is 0 Å². The van der Waals surface area contributed by atoms with E-state index in [0.717, 1.165) is 17.2 Å². The first kappa shape index (κ1) is 16.8. The van der Waals surface area contributed by atoms with Crippen molar-refractivity contribution in [1.82, 2.24) is 23.7 Å². The van der Waals surface area contributed by atoms with Crippen LogP contribution in [0.4, 0.5) is 0 Å². The van der Waals surface area contributed by atoms with Crippen LogP contribution in [0.3, 0.4) is 0 Å². The number of sulfonamides is 1. The fourth-order valence-electron chi connectivity index (χ4n) is 2.53. The summed E-state index contributed by atoms with van der Waals surface area (Å²) in [6, 6.07) is 0. The summed E-state index contributed by atoms with van der Waals surface area (Å²) in [5.74, 6) is 0. The molecule has 0 aromatic carbocycles. The van der Waals surface area contributed by atoms with Crippen molar-refractivity contribution >= 4 is 33.0 Å². The zero-order valence-corrected chi connectivity index (χ0v) is 15.3. The standard InChI is InChI=1S/C13H18ClN5O2S2/c1-10-16-11(8-22-10)7-18-3-5-19(6-4-18)23(20,21)13-12(14)17(2)9-15-13/h8-9H,3-7H2,1-2H3. The summed E-state index contributed by atoms with van der Waals surface area (Å²) in [5, 5.41) is 3.17. The van der Waals surface area contributed by atoms with E-state index in [-0.39, 0.29) is 10.2 Å². The van der Waals surface area contributed by atoms with Crippen LogP contribution < -0.4 is 0 Å². The smallest absolute Gasteiger partial charge is 0.263 e. The Morgan fingerprint density at radius 3 is 2.52 bits per heavy atom. The van der Waals surface area contributed by atoms with Crippen LogP contribution in [0.1, 0.15) is 10.7 Å². The van der Waals surface area contributed by atoms with Crippen molar-refractivity contribution in [2.75, 3.05) is 26.2 Å². The first-order valence-corrected chi connectivity index (χ1v) is 9.88. The lowest BCUT2D eigenvalue weighted by atomic mass is 10.3. The minimum Gasteiger partial charge on any atom is -0.324 e. The third kappa shape index (κ3) is 3.43. The Morgan fingerprint density at radius 1 is 1.30 bits per heavy atom. The molecule has 10 heteroatoms. The maximum absolute atomic E-state index is 12.6. The van der Waals surface area contributed by atoms with Gasteiger partial charge >= 0.3 is 0 Å². The van der Waals surface area contributed by atoms with Gasteiger partial charge in [0.25, 0.3) is 10.0 Å². The van der Waals surface area contributed by atoms with Gasteiger partial charge in [0.15, 0.2) is 0 Å². The van der Waals surface area contributed by atoms with Gasteiger partial charge in [-0.15, -0.1) is 11.3 Å². The highest BCUT2D eigenvalue weighted by molar-refractivity contribution is 7.89. The Labute approximate surface area is 144 Å². The van der Waals surface area contributed by atoms with Crippen LogP contribution >= 0.6 is 22.9 Å². The minimum atomic E-state index is -3.63. The van der Waals surface area contributed by atoms with Gasteiger partial charge in [-0.1, -0.05) is 11.6 Å². The van der Waals surface area contributed by atoms with Crippen LogP contribution in [0.5, 0.6) is 0 Å². The molecule has 3 heterocycles. The largest absolute Gasteiger partial charge is 0.324 e. The van der Waals surface area contributed by atoms with Crippen LogP contribution in [-0.2, 0) is 23.6 Å². The molecule has 0 atom stereocenters. The van der Waals surface area contributed by atoms with Gasteiger partial charge < -0.3 is 4.57 Å². The monoisotopic (exact) mass is 375 g/mol. The second kappa shape index (κ2) is 6.48. The number of rotatable bonds is 4. The molecule has 0 N–H and O–H groups in total. The summed E-state index contributed by atoms with van der Waals surface area (Å²) in [6.07, 6.45) is 1.41. The molecule has 0 radical (unpaired) electrons. The van der Waals surface area contributed by atoms with Crippen LogP contribution in [0.25, 0.3) is 0 Å². The third-order valence-corrected chi connectivity index (χ3v) is 7.01. The SMILES string of the molecule is Cc1nc(CN2CCN(S(=O)(=O)c3ncn(C)c3Cl)CC2)cs1. The molecule has 0 aliphatic carbocycles.